The summed E-state index contributed by atoms with van der Waals surface area (Å²) in [7, 11) is 0. The molecule has 0 unspecified atom stereocenters. The number of piperidine rings is 1. The highest BCUT2D eigenvalue weighted by Gasteiger charge is 2.39. The van der Waals surface area contributed by atoms with Gasteiger partial charge >= 0.3 is 0 Å². The van der Waals surface area contributed by atoms with Gasteiger partial charge in [0.1, 0.15) is 0 Å². The molecule has 4 nitrogen and oxygen atoms in total. The third-order valence-electron chi connectivity index (χ3n) is 5.29. The zero-order valence-corrected chi connectivity index (χ0v) is 12.7. The highest BCUT2D eigenvalue weighted by molar-refractivity contribution is 5.89. The normalized spacial score (nSPS) is 20.1. The fourth-order valence-corrected chi connectivity index (χ4v) is 3.71. The quantitative estimate of drug-likeness (QED) is 0.923. The van der Waals surface area contributed by atoms with E-state index < -0.39 is 0 Å². The van der Waals surface area contributed by atoms with E-state index in [2.05, 4.69) is 16.4 Å². The van der Waals surface area contributed by atoms with Gasteiger partial charge in [-0.25, -0.2) is 0 Å². The van der Waals surface area contributed by atoms with E-state index in [1.165, 1.54) is 6.42 Å². The zero-order chi connectivity index (χ0) is 15.0. The molecule has 0 saturated carbocycles. The van der Waals surface area contributed by atoms with Crippen LogP contribution in [0.15, 0.2) is 36.7 Å². The van der Waals surface area contributed by atoms with E-state index in [9.17, 15) is 4.79 Å². The first-order chi connectivity index (χ1) is 10.8. The smallest absolute Gasteiger partial charge is 0.227 e. The molecule has 0 atom stereocenters. The number of hydrogen-bond acceptors (Lipinski definition) is 3. The monoisotopic (exact) mass is 295 g/mol. The average Bonchev–Trinajstić information content (AvgIpc) is 2.54. The summed E-state index contributed by atoms with van der Waals surface area (Å²) >= 11 is 0. The van der Waals surface area contributed by atoms with Gasteiger partial charge in [-0.1, -0.05) is 18.2 Å². The number of fused-ring (bicyclic) bond motifs is 1. The molecular weight excluding hydrogens is 274 g/mol. The minimum absolute atomic E-state index is 0.249. The Morgan fingerprint density at radius 3 is 2.77 bits per heavy atom. The Bertz CT molecular complexity index is 693. The van der Waals surface area contributed by atoms with Crippen molar-refractivity contribution in [1.82, 2.24) is 15.2 Å². The van der Waals surface area contributed by atoms with Gasteiger partial charge in [-0.3, -0.25) is 9.78 Å². The highest BCUT2D eigenvalue weighted by Crippen LogP contribution is 2.31. The van der Waals surface area contributed by atoms with Crippen molar-refractivity contribution in [1.29, 1.82) is 0 Å². The molecule has 0 radical (unpaired) electrons. The van der Waals surface area contributed by atoms with Crippen molar-refractivity contribution < 1.29 is 4.79 Å². The van der Waals surface area contributed by atoms with Crippen molar-refractivity contribution in [3.63, 3.8) is 0 Å². The lowest BCUT2D eigenvalue weighted by Gasteiger charge is -2.49. The first-order valence-corrected chi connectivity index (χ1v) is 8.10. The van der Waals surface area contributed by atoms with Crippen molar-refractivity contribution in [2.75, 3.05) is 19.6 Å². The summed E-state index contributed by atoms with van der Waals surface area (Å²) in [5.41, 5.74) is 1.45. The number of benzene rings is 1. The molecule has 2 fully saturated rings. The Morgan fingerprint density at radius 2 is 2.05 bits per heavy atom. The van der Waals surface area contributed by atoms with E-state index in [0.29, 0.717) is 12.0 Å². The van der Waals surface area contributed by atoms with Gasteiger partial charge in [0.05, 0.1) is 6.42 Å². The minimum atomic E-state index is 0.249. The molecule has 2 aliphatic rings. The lowest BCUT2D eigenvalue weighted by atomic mass is 9.79. The van der Waals surface area contributed by atoms with Crippen molar-refractivity contribution >= 4 is 16.7 Å². The molecule has 1 N–H and O–H groups in total. The molecule has 2 saturated heterocycles. The largest absolute Gasteiger partial charge is 0.342 e. The number of rotatable bonds is 2. The number of nitrogens with zero attached hydrogens (tertiary/aromatic N) is 2. The van der Waals surface area contributed by atoms with E-state index in [1.54, 1.807) is 6.20 Å². The van der Waals surface area contributed by atoms with Crippen LogP contribution < -0.4 is 5.32 Å². The van der Waals surface area contributed by atoms with Crippen LogP contribution in [-0.4, -0.2) is 41.0 Å². The van der Waals surface area contributed by atoms with Gasteiger partial charge in [-0.05, 0) is 42.8 Å². The summed E-state index contributed by atoms with van der Waals surface area (Å²) in [6, 6.07) is 8.11. The van der Waals surface area contributed by atoms with Crippen LogP contribution in [-0.2, 0) is 11.2 Å². The zero-order valence-electron chi connectivity index (χ0n) is 12.7. The van der Waals surface area contributed by atoms with Gasteiger partial charge in [-0.15, -0.1) is 0 Å². The molecule has 4 rings (SSSR count). The van der Waals surface area contributed by atoms with Crippen LogP contribution in [0.1, 0.15) is 24.8 Å². The summed E-state index contributed by atoms with van der Waals surface area (Å²) in [4.78, 5) is 18.8. The Kier molecular flexibility index (Phi) is 3.34. The maximum Gasteiger partial charge on any atom is 0.227 e. The molecular formula is C18H21N3O. The molecule has 0 aliphatic carbocycles. The summed E-state index contributed by atoms with van der Waals surface area (Å²) in [6.45, 7) is 2.91. The number of nitrogens with one attached hydrogen (secondary N) is 1. The van der Waals surface area contributed by atoms with E-state index in [4.69, 9.17) is 0 Å². The van der Waals surface area contributed by atoms with E-state index in [-0.39, 0.29) is 5.91 Å². The molecule has 1 aromatic heterocycles. The van der Waals surface area contributed by atoms with Crippen molar-refractivity contribution in [2.45, 2.75) is 31.2 Å². The number of pyridine rings is 1. The number of amides is 1. The number of hydrogen-bond donors (Lipinski definition) is 1. The van der Waals surface area contributed by atoms with Gasteiger partial charge in [0.15, 0.2) is 0 Å². The second kappa shape index (κ2) is 5.36. The average molecular weight is 295 g/mol. The second-order valence-electron chi connectivity index (χ2n) is 6.53. The molecule has 0 bridgehead atoms. The summed E-state index contributed by atoms with van der Waals surface area (Å²) in [6.07, 6.45) is 7.60. The van der Waals surface area contributed by atoms with Gasteiger partial charge < -0.3 is 10.2 Å². The van der Waals surface area contributed by atoms with Gasteiger partial charge in [-0.2, -0.15) is 0 Å². The molecule has 2 aromatic rings. The molecule has 1 aromatic carbocycles. The third kappa shape index (κ3) is 2.37. The third-order valence-corrected chi connectivity index (χ3v) is 5.29. The number of carbonyl (C=O) groups is 1. The Balaban J connectivity index is 1.47. The highest BCUT2D eigenvalue weighted by atomic mass is 16.2. The number of aromatic nitrogens is 1. The fraction of sp³-hybridized carbons (Fsp3) is 0.444. The first kappa shape index (κ1) is 13.7. The van der Waals surface area contributed by atoms with Crippen LogP contribution >= 0.6 is 0 Å². The second-order valence-corrected chi connectivity index (χ2v) is 6.53. The number of likely N-dealkylation sites (tertiary alicyclic amines) is 1. The predicted octanol–water partition coefficient (Wildman–Crippen LogP) is 2.13. The first-order valence-electron chi connectivity index (χ1n) is 8.10. The molecule has 2 aliphatic heterocycles. The van der Waals surface area contributed by atoms with Crippen LogP contribution in [0.2, 0.25) is 0 Å². The van der Waals surface area contributed by atoms with E-state index in [1.807, 2.05) is 29.3 Å². The minimum Gasteiger partial charge on any atom is -0.342 e. The molecule has 1 amide bonds. The summed E-state index contributed by atoms with van der Waals surface area (Å²) in [5.74, 6) is 0.249. The lowest BCUT2D eigenvalue weighted by molar-refractivity contribution is -0.132. The number of carbonyl (C=O) groups excluding carboxylic acids is 1. The van der Waals surface area contributed by atoms with Crippen LogP contribution in [0.25, 0.3) is 10.8 Å². The van der Waals surface area contributed by atoms with Crippen LogP contribution in [0, 0.1) is 0 Å². The molecule has 22 heavy (non-hydrogen) atoms. The predicted molar refractivity (Wildman–Crippen MR) is 86.6 cm³/mol. The Morgan fingerprint density at radius 1 is 1.23 bits per heavy atom. The Hall–Kier alpha value is -1.94. The van der Waals surface area contributed by atoms with Crippen molar-refractivity contribution in [3.8, 4) is 0 Å². The standard InChI is InChI=1S/C18H21N3O/c22-17(21-10-6-18(7-11-21)5-9-20-18)12-14-2-1-3-15-13-19-8-4-16(14)15/h1-4,8,13,20H,5-7,9-12H2. The topological polar surface area (TPSA) is 45.2 Å². The SMILES string of the molecule is O=C(Cc1cccc2cnccc12)N1CCC2(CCN2)CC1. The van der Waals surface area contributed by atoms with Crippen LogP contribution in [0.4, 0.5) is 0 Å². The molecule has 4 heteroatoms. The van der Waals surface area contributed by atoms with Crippen molar-refractivity contribution in [3.05, 3.63) is 42.2 Å². The summed E-state index contributed by atoms with van der Waals surface area (Å²) < 4.78 is 0. The Labute approximate surface area is 130 Å². The maximum atomic E-state index is 12.6. The van der Waals surface area contributed by atoms with Crippen LogP contribution in [0.5, 0.6) is 0 Å². The molecule has 1 spiro atoms. The lowest BCUT2D eigenvalue weighted by Crippen LogP contribution is -2.62. The van der Waals surface area contributed by atoms with E-state index in [0.717, 1.165) is 48.8 Å². The van der Waals surface area contributed by atoms with Gasteiger partial charge in [0.2, 0.25) is 5.91 Å². The van der Waals surface area contributed by atoms with Crippen molar-refractivity contribution in [2.24, 2.45) is 0 Å². The summed E-state index contributed by atoms with van der Waals surface area (Å²) in [5, 5.41) is 5.79. The molecule has 114 valence electrons. The van der Waals surface area contributed by atoms with Crippen LogP contribution in [0.3, 0.4) is 0 Å². The maximum absolute atomic E-state index is 12.6. The fourth-order valence-electron chi connectivity index (χ4n) is 3.71. The van der Waals surface area contributed by atoms with Gasteiger partial charge in [0, 0.05) is 36.4 Å². The van der Waals surface area contributed by atoms with E-state index >= 15 is 0 Å². The molecule has 3 heterocycles. The van der Waals surface area contributed by atoms with Gasteiger partial charge in [0.25, 0.3) is 0 Å².